The van der Waals surface area contributed by atoms with Gasteiger partial charge in [-0.1, -0.05) is 127 Å². The van der Waals surface area contributed by atoms with Crippen LogP contribution in [0.2, 0.25) is 0 Å². The average molecular weight is 492 g/mol. The highest BCUT2D eigenvalue weighted by Gasteiger charge is 2.11. The lowest BCUT2D eigenvalue weighted by atomic mass is 9.98. The molecule has 0 aliphatic carbocycles. The minimum atomic E-state index is 0.275. The third-order valence-corrected chi connectivity index (χ3v) is 6.21. The van der Waals surface area contributed by atoms with Crippen molar-refractivity contribution in [2.75, 3.05) is 4.90 Å². The molecule has 0 fully saturated rings. The number of anilines is 2. The molecule has 0 bridgehead atoms. The smallest absolute Gasteiger partial charge is 0.115 e. The molecule has 0 atom stereocenters. The summed E-state index contributed by atoms with van der Waals surface area (Å²) in [6, 6.07) is 47.2. The van der Waals surface area contributed by atoms with Gasteiger partial charge in [-0.2, -0.15) is 0 Å². The molecule has 0 amide bonds. The molecular weight excluding hydrogens is 462 g/mol. The number of phenolic OH excluding ortho intramolecular Hbond substituents is 1. The van der Waals surface area contributed by atoms with Crippen molar-refractivity contribution in [3.05, 3.63) is 180 Å². The average Bonchev–Trinajstić information content (AvgIpc) is 2.99. The zero-order chi connectivity index (χ0) is 26.0. The van der Waals surface area contributed by atoms with Crippen LogP contribution in [-0.2, 0) is 0 Å². The first-order chi connectivity index (χ1) is 18.8. The summed E-state index contributed by atoms with van der Waals surface area (Å²) in [4.78, 5) is 2.24. The minimum Gasteiger partial charge on any atom is -0.508 e. The van der Waals surface area contributed by atoms with Gasteiger partial charge in [0.2, 0.25) is 0 Å². The maximum atomic E-state index is 9.43. The SMILES string of the molecule is Oc1ccc(/C=C/C=C/c2ccc(N(C=C(c3ccccc3)c3ccccc3)c3ccccc3)cc2)cc1. The van der Waals surface area contributed by atoms with E-state index in [1.165, 1.54) is 11.1 Å². The molecule has 0 aliphatic heterocycles. The van der Waals surface area contributed by atoms with Crippen molar-refractivity contribution in [3.63, 3.8) is 0 Å². The molecule has 2 heteroatoms. The molecular formula is C36H29NO. The topological polar surface area (TPSA) is 23.5 Å². The van der Waals surface area contributed by atoms with Gasteiger partial charge in [0.1, 0.15) is 5.75 Å². The largest absolute Gasteiger partial charge is 0.508 e. The van der Waals surface area contributed by atoms with E-state index in [2.05, 4.69) is 114 Å². The number of phenols is 1. The Hall–Kier alpha value is -5.08. The third-order valence-electron chi connectivity index (χ3n) is 6.21. The highest BCUT2D eigenvalue weighted by molar-refractivity contribution is 5.84. The van der Waals surface area contributed by atoms with E-state index in [-0.39, 0.29) is 5.75 Å². The lowest BCUT2D eigenvalue weighted by Gasteiger charge is -2.23. The van der Waals surface area contributed by atoms with Crippen molar-refractivity contribution in [1.29, 1.82) is 0 Å². The lowest BCUT2D eigenvalue weighted by Crippen LogP contribution is -2.10. The van der Waals surface area contributed by atoms with Crippen molar-refractivity contribution in [3.8, 4) is 5.75 Å². The summed E-state index contributed by atoms with van der Waals surface area (Å²) in [7, 11) is 0. The van der Waals surface area contributed by atoms with Crippen LogP contribution < -0.4 is 4.90 Å². The molecule has 2 nitrogen and oxygen atoms in total. The molecule has 0 heterocycles. The maximum absolute atomic E-state index is 9.43. The summed E-state index contributed by atoms with van der Waals surface area (Å²) in [6.07, 6.45) is 10.4. The van der Waals surface area contributed by atoms with Crippen LogP contribution >= 0.6 is 0 Å². The van der Waals surface area contributed by atoms with Crippen LogP contribution in [0.5, 0.6) is 5.75 Å². The van der Waals surface area contributed by atoms with Crippen LogP contribution in [0.1, 0.15) is 22.3 Å². The summed E-state index contributed by atoms with van der Waals surface area (Å²) in [6.45, 7) is 0. The van der Waals surface area contributed by atoms with Gasteiger partial charge in [0.05, 0.1) is 0 Å². The monoisotopic (exact) mass is 491 g/mol. The highest BCUT2D eigenvalue weighted by Crippen LogP contribution is 2.31. The number of nitrogens with zero attached hydrogens (tertiary/aromatic N) is 1. The predicted molar refractivity (Wildman–Crippen MR) is 161 cm³/mol. The van der Waals surface area contributed by atoms with E-state index >= 15 is 0 Å². The second kappa shape index (κ2) is 12.2. The molecule has 5 aromatic carbocycles. The molecule has 0 radical (unpaired) electrons. The standard InChI is InChI=1S/C36H29NO/c38-35-26-22-30(23-27-35)13-11-10-12-29-20-24-34(25-21-29)37(33-18-8-3-9-19-33)28-36(31-14-4-1-5-15-31)32-16-6-2-7-17-32/h1-28,38H/b12-10+,13-11+. The summed E-state index contributed by atoms with van der Waals surface area (Å²) >= 11 is 0. The molecule has 5 rings (SSSR count). The molecule has 0 spiro atoms. The number of hydrogen-bond donors (Lipinski definition) is 1. The Labute approximate surface area is 224 Å². The summed E-state index contributed by atoms with van der Waals surface area (Å²) in [5.41, 5.74) is 7.82. The summed E-state index contributed by atoms with van der Waals surface area (Å²) in [5, 5.41) is 9.43. The van der Waals surface area contributed by atoms with Gasteiger partial charge in [-0.05, 0) is 58.7 Å². The number of hydrogen-bond acceptors (Lipinski definition) is 2. The van der Waals surface area contributed by atoms with Crippen LogP contribution in [0.15, 0.2) is 158 Å². The van der Waals surface area contributed by atoms with E-state index in [0.717, 1.165) is 28.1 Å². The van der Waals surface area contributed by atoms with Crippen molar-refractivity contribution in [1.82, 2.24) is 0 Å². The molecule has 0 aliphatic rings. The Balaban J connectivity index is 1.46. The van der Waals surface area contributed by atoms with Crippen LogP contribution in [0.25, 0.3) is 17.7 Å². The van der Waals surface area contributed by atoms with Crippen molar-refractivity contribution in [2.24, 2.45) is 0 Å². The fourth-order valence-electron chi connectivity index (χ4n) is 4.23. The van der Waals surface area contributed by atoms with E-state index in [9.17, 15) is 5.11 Å². The van der Waals surface area contributed by atoms with Crippen LogP contribution in [0.3, 0.4) is 0 Å². The fraction of sp³-hybridized carbons (Fsp3) is 0. The quantitative estimate of drug-likeness (QED) is 0.219. The second-order valence-electron chi connectivity index (χ2n) is 8.88. The Bertz CT molecular complexity index is 1480. The molecule has 5 aromatic rings. The zero-order valence-electron chi connectivity index (χ0n) is 21.1. The molecule has 0 unspecified atom stereocenters. The summed E-state index contributed by atoms with van der Waals surface area (Å²) in [5.74, 6) is 0.275. The summed E-state index contributed by atoms with van der Waals surface area (Å²) < 4.78 is 0. The normalized spacial score (nSPS) is 11.1. The van der Waals surface area contributed by atoms with Crippen LogP contribution in [0.4, 0.5) is 11.4 Å². The van der Waals surface area contributed by atoms with Crippen molar-refractivity contribution in [2.45, 2.75) is 0 Å². The van der Waals surface area contributed by atoms with E-state index in [1.54, 1.807) is 12.1 Å². The fourth-order valence-corrected chi connectivity index (χ4v) is 4.23. The number of rotatable bonds is 8. The molecule has 0 aromatic heterocycles. The number of benzene rings is 5. The highest BCUT2D eigenvalue weighted by atomic mass is 16.3. The van der Waals surface area contributed by atoms with Crippen molar-refractivity contribution < 1.29 is 5.11 Å². The van der Waals surface area contributed by atoms with Gasteiger partial charge < -0.3 is 10.0 Å². The van der Waals surface area contributed by atoms with Crippen LogP contribution in [-0.4, -0.2) is 5.11 Å². The number of para-hydroxylation sites is 1. The van der Waals surface area contributed by atoms with Crippen molar-refractivity contribution >= 4 is 29.1 Å². The van der Waals surface area contributed by atoms with Gasteiger partial charge in [0.25, 0.3) is 0 Å². The van der Waals surface area contributed by atoms with E-state index in [1.807, 2.05) is 48.6 Å². The molecule has 184 valence electrons. The Morgan fingerprint density at radius 1 is 0.474 bits per heavy atom. The van der Waals surface area contributed by atoms with E-state index in [0.29, 0.717) is 0 Å². The molecule has 0 saturated heterocycles. The van der Waals surface area contributed by atoms with Crippen LogP contribution in [0, 0.1) is 0 Å². The first kappa shape index (κ1) is 24.6. The van der Waals surface area contributed by atoms with Gasteiger partial charge in [0, 0.05) is 23.1 Å². The number of aromatic hydroxyl groups is 1. The molecule has 1 N–H and O–H groups in total. The minimum absolute atomic E-state index is 0.275. The first-order valence-electron chi connectivity index (χ1n) is 12.7. The Morgan fingerprint density at radius 2 is 0.895 bits per heavy atom. The Morgan fingerprint density at radius 3 is 1.39 bits per heavy atom. The van der Waals surface area contributed by atoms with Gasteiger partial charge in [-0.25, -0.2) is 0 Å². The predicted octanol–water partition coefficient (Wildman–Crippen LogP) is 9.35. The van der Waals surface area contributed by atoms with Gasteiger partial charge >= 0.3 is 0 Å². The van der Waals surface area contributed by atoms with Gasteiger partial charge in [-0.15, -0.1) is 0 Å². The van der Waals surface area contributed by atoms with Gasteiger partial charge in [-0.3, -0.25) is 0 Å². The first-order valence-corrected chi connectivity index (χ1v) is 12.7. The van der Waals surface area contributed by atoms with Gasteiger partial charge in [0.15, 0.2) is 0 Å². The second-order valence-corrected chi connectivity index (χ2v) is 8.88. The zero-order valence-corrected chi connectivity index (χ0v) is 21.1. The third kappa shape index (κ3) is 6.37. The number of allylic oxidation sites excluding steroid dienone is 2. The molecule has 38 heavy (non-hydrogen) atoms. The van der Waals surface area contributed by atoms with E-state index in [4.69, 9.17) is 0 Å². The molecule has 0 saturated carbocycles. The van der Waals surface area contributed by atoms with E-state index < -0.39 is 0 Å². The lowest BCUT2D eigenvalue weighted by molar-refractivity contribution is 0.475. The maximum Gasteiger partial charge on any atom is 0.115 e. The Kier molecular flexibility index (Phi) is 7.93.